The number of methoxy groups -OCH3 is 1. The maximum absolute atomic E-state index is 13.8. The minimum absolute atomic E-state index is 0.0454. The molecule has 8 nitrogen and oxygen atoms in total. The summed E-state index contributed by atoms with van der Waals surface area (Å²) in [7, 11) is 1.64. The van der Waals surface area contributed by atoms with Crippen LogP contribution in [0.1, 0.15) is 40.6 Å². The van der Waals surface area contributed by atoms with Gasteiger partial charge in [-0.25, -0.2) is 4.98 Å². The predicted molar refractivity (Wildman–Crippen MR) is 125 cm³/mol. The zero-order valence-corrected chi connectivity index (χ0v) is 19.3. The number of aromatic amines is 1. The molecule has 4 aromatic rings. The first-order valence-corrected chi connectivity index (χ1v) is 11.3. The second-order valence-electron chi connectivity index (χ2n) is 7.58. The molecule has 1 aliphatic heterocycles. The van der Waals surface area contributed by atoms with Crippen LogP contribution in [-0.2, 0) is 0 Å². The first-order valence-electron chi connectivity index (χ1n) is 10.0. The average molecular weight is 528 g/mol. The third kappa shape index (κ3) is 3.56. The molecule has 2 atom stereocenters. The van der Waals surface area contributed by atoms with Crippen LogP contribution in [-0.4, -0.2) is 46.9 Å². The number of halogens is 1. The fourth-order valence-corrected chi connectivity index (χ4v) is 5.07. The fraction of sp³-hybridized carbons (Fsp3) is 0.273. The van der Waals surface area contributed by atoms with Crippen molar-refractivity contribution in [3.63, 3.8) is 0 Å². The van der Waals surface area contributed by atoms with E-state index in [1.807, 2.05) is 48.2 Å². The number of hydrogen-bond acceptors (Lipinski definition) is 5. The van der Waals surface area contributed by atoms with Crippen molar-refractivity contribution in [3.8, 4) is 11.4 Å². The molecule has 0 unspecified atom stereocenters. The Balaban J connectivity index is 1.55. The first kappa shape index (κ1) is 20.0. The van der Waals surface area contributed by atoms with E-state index in [1.54, 1.807) is 19.5 Å². The van der Waals surface area contributed by atoms with Crippen LogP contribution in [0.2, 0.25) is 0 Å². The van der Waals surface area contributed by atoms with Crippen LogP contribution in [0.3, 0.4) is 0 Å². The lowest BCUT2D eigenvalue weighted by Crippen LogP contribution is -2.35. The number of imidazole rings is 1. The molecule has 0 aliphatic carbocycles. The molecule has 1 fully saturated rings. The highest BCUT2D eigenvalue weighted by molar-refractivity contribution is 14.1. The van der Waals surface area contributed by atoms with Crippen molar-refractivity contribution in [3.05, 3.63) is 65.7 Å². The van der Waals surface area contributed by atoms with Gasteiger partial charge in [0.05, 0.1) is 51.9 Å². The van der Waals surface area contributed by atoms with Gasteiger partial charge in [-0.15, -0.1) is 0 Å². The Morgan fingerprint density at radius 2 is 1.97 bits per heavy atom. The lowest BCUT2D eigenvalue weighted by molar-refractivity contribution is 0.0720. The summed E-state index contributed by atoms with van der Waals surface area (Å²) in [5.74, 6) is 1.52. The monoisotopic (exact) mass is 528 g/mol. The Morgan fingerprint density at radius 3 is 2.74 bits per heavy atom. The fourth-order valence-electron chi connectivity index (χ4n) is 4.07. The van der Waals surface area contributed by atoms with Crippen molar-refractivity contribution in [1.82, 2.24) is 29.9 Å². The number of aryl methyl sites for hydroxylation is 1. The van der Waals surface area contributed by atoms with Crippen molar-refractivity contribution >= 4 is 39.5 Å². The van der Waals surface area contributed by atoms with Crippen molar-refractivity contribution < 1.29 is 9.53 Å². The van der Waals surface area contributed by atoms with Crippen LogP contribution in [0.4, 0.5) is 0 Å². The second kappa shape index (κ2) is 7.95. The first-order chi connectivity index (χ1) is 15.0. The van der Waals surface area contributed by atoms with Gasteiger partial charge in [0.15, 0.2) is 0 Å². The van der Waals surface area contributed by atoms with E-state index in [-0.39, 0.29) is 16.0 Å². The Bertz CT molecular complexity index is 1250. The molecule has 1 N–H and O–H groups in total. The summed E-state index contributed by atoms with van der Waals surface area (Å²) in [5.41, 5.74) is 4.02. The highest BCUT2D eigenvalue weighted by atomic mass is 127. The number of likely N-dealkylation sites (tertiary alicyclic amines) is 1. The summed E-state index contributed by atoms with van der Waals surface area (Å²) in [6.45, 7) is 1.98. The summed E-state index contributed by atoms with van der Waals surface area (Å²) < 4.78 is 5.39. The number of nitrogens with zero attached hydrogens (tertiary/aromatic N) is 5. The van der Waals surface area contributed by atoms with Crippen molar-refractivity contribution in [1.29, 1.82) is 0 Å². The molecule has 1 aliphatic rings. The number of H-pyrrole nitrogens is 1. The van der Waals surface area contributed by atoms with Gasteiger partial charge in [-0.05, 0) is 44.0 Å². The van der Waals surface area contributed by atoms with Gasteiger partial charge in [-0.1, -0.05) is 34.2 Å². The van der Waals surface area contributed by atoms with Crippen molar-refractivity contribution in [2.45, 2.75) is 29.9 Å². The zero-order valence-electron chi connectivity index (χ0n) is 17.1. The topological polar surface area (TPSA) is 88.9 Å². The molecular formula is C22H21IN6O2. The van der Waals surface area contributed by atoms with Gasteiger partial charge in [-0.2, -0.15) is 15.0 Å². The number of fused-ring (bicyclic) bond motifs is 1. The summed E-state index contributed by atoms with van der Waals surface area (Å²) in [5, 5.41) is 8.46. The predicted octanol–water partition coefficient (Wildman–Crippen LogP) is 4.20. The summed E-state index contributed by atoms with van der Waals surface area (Å²) in [6, 6.07) is 11.4. The van der Waals surface area contributed by atoms with E-state index in [0.29, 0.717) is 11.3 Å². The number of carbonyl (C=O) groups excluding carboxylic acids is 1. The highest BCUT2D eigenvalue weighted by Crippen LogP contribution is 2.40. The number of nitrogens with one attached hydrogen (secondary N) is 1. The molecule has 0 radical (unpaired) electrons. The van der Waals surface area contributed by atoms with Crippen LogP contribution >= 0.6 is 22.6 Å². The number of aromatic nitrogens is 5. The quantitative estimate of drug-likeness (QED) is 0.244. The van der Waals surface area contributed by atoms with E-state index in [0.717, 1.165) is 41.0 Å². The minimum atomic E-state index is -0.133. The molecule has 2 aromatic carbocycles. The van der Waals surface area contributed by atoms with Gasteiger partial charge in [0.1, 0.15) is 11.6 Å². The smallest absolute Gasteiger partial charge is 0.257 e. The normalized spacial score (nSPS) is 18.6. The van der Waals surface area contributed by atoms with E-state index in [2.05, 4.69) is 37.8 Å². The van der Waals surface area contributed by atoms with Gasteiger partial charge in [-0.3, -0.25) is 4.79 Å². The summed E-state index contributed by atoms with van der Waals surface area (Å²) in [4.78, 5) is 25.4. The Hall–Kier alpha value is -2.95. The van der Waals surface area contributed by atoms with E-state index in [9.17, 15) is 4.79 Å². The van der Waals surface area contributed by atoms with Crippen LogP contribution in [0.5, 0.6) is 5.75 Å². The van der Waals surface area contributed by atoms with Crippen LogP contribution < -0.4 is 4.74 Å². The van der Waals surface area contributed by atoms with E-state index in [1.165, 1.54) is 4.80 Å². The molecule has 3 heterocycles. The molecule has 1 amide bonds. The third-order valence-electron chi connectivity index (χ3n) is 5.59. The van der Waals surface area contributed by atoms with Crippen LogP contribution in [0.15, 0.2) is 48.8 Å². The number of carbonyl (C=O) groups is 1. The lowest BCUT2D eigenvalue weighted by Gasteiger charge is -2.27. The Labute approximate surface area is 192 Å². The van der Waals surface area contributed by atoms with Crippen LogP contribution in [0, 0.1) is 6.92 Å². The number of alkyl halides is 1. The standard InChI is InChI=1S/C22H21IN6O2/c1-13-3-6-18(29-24-9-10-25-29)15(11-13)22(30)28-19(7-8-20(28)23)21-26-16-5-4-14(31-2)12-17(16)27-21/h3-6,9-12,19-20H,7-8H2,1-2H3,(H,26,27)/t19-,20-/m0/s1. The molecule has 158 valence electrons. The highest BCUT2D eigenvalue weighted by Gasteiger charge is 2.39. The largest absolute Gasteiger partial charge is 0.497 e. The number of benzene rings is 2. The number of rotatable bonds is 4. The number of amides is 1. The van der Waals surface area contributed by atoms with Gasteiger partial charge in [0.25, 0.3) is 5.91 Å². The molecule has 0 saturated carbocycles. The zero-order chi connectivity index (χ0) is 21.5. The van der Waals surface area contributed by atoms with Gasteiger partial charge < -0.3 is 14.6 Å². The molecular weight excluding hydrogens is 507 g/mol. The van der Waals surface area contributed by atoms with Gasteiger partial charge in [0, 0.05) is 6.07 Å². The minimum Gasteiger partial charge on any atom is -0.497 e. The third-order valence-corrected chi connectivity index (χ3v) is 6.81. The number of ether oxygens (including phenoxy) is 1. The summed E-state index contributed by atoms with van der Waals surface area (Å²) >= 11 is 2.35. The molecule has 0 spiro atoms. The molecule has 1 saturated heterocycles. The van der Waals surface area contributed by atoms with Gasteiger partial charge >= 0.3 is 0 Å². The van der Waals surface area contributed by atoms with Crippen LogP contribution in [0.25, 0.3) is 16.7 Å². The Kier molecular flexibility index (Phi) is 5.12. The van der Waals surface area contributed by atoms with Gasteiger partial charge in [0.2, 0.25) is 0 Å². The molecule has 2 aromatic heterocycles. The molecule has 31 heavy (non-hydrogen) atoms. The Morgan fingerprint density at radius 1 is 1.16 bits per heavy atom. The van der Waals surface area contributed by atoms with E-state index in [4.69, 9.17) is 9.72 Å². The maximum atomic E-state index is 13.8. The van der Waals surface area contributed by atoms with Crippen molar-refractivity contribution in [2.75, 3.05) is 7.11 Å². The lowest BCUT2D eigenvalue weighted by atomic mass is 10.1. The molecule has 5 rings (SSSR count). The average Bonchev–Trinajstić information content (AvgIpc) is 3.52. The van der Waals surface area contributed by atoms with Crippen molar-refractivity contribution in [2.24, 2.45) is 0 Å². The van der Waals surface area contributed by atoms with E-state index >= 15 is 0 Å². The second-order valence-corrected chi connectivity index (χ2v) is 9.02. The van der Waals surface area contributed by atoms with E-state index < -0.39 is 0 Å². The molecule has 0 bridgehead atoms. The molecule has 9 heteroatoms. The maximum Gasteiger partial charge on any atom is 0.257 e. The summed E-state index contributed by atoms with van der Waals surface area (Å²) in [6.07, 6.45) is 4.96. The number of hydrogen-bond donors (Lipinski definition) is 1. The SMILES string of the molecule is COc1ccc2nc([C@@H]3CC[C@@H](I)N3C(=O)c3cc(C)ccc3-n3nccn3)[nH]c2c1.